The summed E-state index contributed by atoms with van der Waals surface area (Å²) in [6.07, 6.45) is 4.88. The summed E-state index contributed by atoms with van der Waals surface area (Å²) < 4.78 is 6.26. The van der Waals surface area contributed by atoms with Crippen molar-refractivity contribution in [1.29, 1.82) is 0 Å². The van der Waals surface area contributed by atoms with Gasteiger partial charge in [-0.25, -0.2) is 9.97 Å². The smallest absolute Gasteiger partial charge is 0.247 e. The van der Waals surface area contributed by atoms with Gasteiger partial charge in [0.25, 0.3) is 0 Å². The van der Waals surface area contributed by atoms with Gasteiger partial charge in [-0.15, -0.1) is 0 Å². The minimum Gasteiger partial charge on any atom is -0.436 e. The summed E-state index contributed by atoms with van der Waals surface area (Å²) >= 11 is 0. The van der Waals surface area contributed by atoms with E-state index < -0.39 is 6.04 Å². The first-order valence-electron chi connectivity index (χ1n) is 17.9. The van der Waals surface area contributed by atoms with Crippen molar-refractivity contribution in [1.82, 2.24) is 34.6 Å². The van der Waals surface area contributed by atoms with E-state index in [2.05, 4.69) is 15.3 Å². The van der Waals surface area contributed by atoms with Gasteiger partial charge in [0, 0.05) is 29.9 Å². The van der Waals surface area contributed by atoms with Gasteiger partial charge in [0.05, 0.1) is 29.8 Å². The SMILES string of the molecule is Cc1ccc(-c2ncc(-c3ccc4nc([C@@H]5CCCN5C(=O)[C@@H](c5ccccc5)N(C)C)[nH]c4c3)o2)cc1NC(=O)[C@@H]1CCCN1C(=O)CN(C)C. The van der Waals surface area contributed by atoms with Crippen molar-refractivity contribution in [2.24, 2.45) is 0 Å². The number of imidazole rings is 1. The number of aromatic amines is 1. The lowest BCUT2D eigenvalue weighted by Crippen LogP contribution is -2.46. The topological polar surface area (TPSA) is 131 Å². The number of benzene rings is 3. The molecule has 7 rings (SSSR count). The molecule has 0 radical (unpaired) electrons. The standard InChI is InChI=1S/C40H46N8O4/c1-25-15-16-28(22-30(25)44-38(50)33-14-10-19-47(33)35(49)24-45(2)3)39-41-23-34(52-39)27-17-18-29-31(21-27)43-37(42-29)32-13-9-20-48(32)40(51)36(46(4)5)26-11-7-6-8-12-26/h6-8,11-12,15-18,21-23,32-33,36H,9-10,13-14,19-20,24H2,1-5H3,(H,42,43)(H,44,50)/t32-,33-,36+/m0/s1. The number of carbonyl (C=O) groups excluding carboxylic acids is 3. The Labute approximate surface area is 303 Å². The zero-order valence-corrected chi connectivity index (χ0v) is 30.4. The van der Waals surface area contributed by atoms with E-state index >= 15 is 0 Å². The van der Waals surface area contributed by atoms with Gasteiger partial charge < -0.3 is 29.4 Å². The molecule has 2 fully saturated rings. The second kappa shape index (κ2) is 14.7. The van der Waals surface area contributed by atoms with Crippen LogP contribution in [0.1, 0.15) is 54.7 Å². The molecule has 2 aromatic heterocycles. The van der Waals surface area contributed by atoms with Gasteiger partial charge in [-0.05, 0) is 102 Å². The fourth-order valence-electron chi connectivity index (χ4n) is 7.46. The molecule has 2 N–H and O–H groups in total. The first kappa shape index (κ1) is 35.1. The summed E-state index contributed by atoms with van der Waals surface area (Å²) in [6, 6.07) is 20.5. The summed E-state index contributed by atoms with van der Waals surface area (Å²) in [5, 5.41) is 3.06. The number of aryl methyl sites for hydroxylation is 1. The minimum absolute atomic E-state index is 0.0439. The molecule has 3 atom stereocenters. The Kier molecular flexibility index (Phi) is 9.94. The van der Waals surface area contributed by atoms with Crippen LogP contribution in [-0.4, -0.2) is 106 Å². The molecule has 4 heterocycles. The molecule has 2 aliphatic rings. The molecule has 270 valence electrons. The zero-order valence-electron chi connectivity index (χ0n) is 30.4. The van der Waals surface area contributed by atoms with Gasteiger partial charge in [0.2, 0.25) is 23.6 Å². The molecule has 12 nitrogen and oxygen atoms in total. The fourth-order valence-corrected chi connectivity index (χ4v) is 7.46. The lowest BCUT2D eigenvalue weighted by atomic mass is 10.0. The fraction of sp³-hybridized carbons (Fsp3) is 0.375. The van der Waals surface area contributed by atoms with Crippen molar-refractivity contribution in [3.8, 4) is 22.8 Å². The molecular weight excluding hydrogens is 656 g/mol. The highest BCUT2D eigenvalue weighted by molar-refractivity contribution is 5.98. The Balaban J connectivity index is 1.08. The van der Waals surface area contributed by atoms with E-state index in [1.165, 1.54) is 0 Å². The van der Waals surface area contributed by atoms with E-state index in [9.17, 15) is 14.4 Å². The number of amides is 3. The van der Waals surface area contributed by atoms with Crippen molar-refractivity contribution in [3.05, 3.63) is 89.9 Å². The van der Waals surface area contributed by atoms with Crippen LogP contribution in [0.2, 0.25) is 0 Å². The van der Waals surface area contributed by atoms with Crippen molar-refractivity contribution in [2.75, 3.05) is 53.1 Å². The first-order chi connectivity index (χ1) is 25.1. The van der Waals surface area contributed by atoms with E-state index in [0.29, 0.717) is 36.8 Å². The predicted octanol–water partition coefficient (Wildman–Crippen LogP) is 5.65. The number of nitrogens with one attached hydrogen (secondary N) is 2. The number of oxazole rings is 1. The van der Waals surface area contributed by atoms with Gasteiger partial charge in [-0.1, -0.05) is 36.4 Å². The summed E-state index contributed by atoms with van der Waals surface area (Å²) in [4.78, 5) is 60.5. The van der Waals surface area contributed by atoms with Crippen molar-refractivity contribution < 1.29 is 18.8 Å². The zero-order chi connectivity index (χ0) is 36.5. The number of likely N-dealkylation sites (tertiary alicyclic amines) is 2. The van der Waals surface area contributed by atoms with E-state index in [1.807, 2.05) is 117 Å². The van der Waals surface area contributed by atoms with E-state index in [4.69, 9.17) is 9.40 Å². The third-order valence-electron chi connectivity index (χ3n) is 10.1. The van der Waals surface area contributed by atoms with E-state index in [-0.39, 0.29) is 36.3 Å². The van der Waals surface area contributed by atoms with Crippen molar-refractivity contribution >= 4 is 34.4 Å². The summed E-state index contributed by atoms with van der Waals surface area (Å²) in [6.45, 7) is 3.47. The maximum atomic E-state index is 14.0. The lowest BCUT2D eigenvalue weighted by Gasteiger charge is -2.31. The lowest BCUT2D eigenvalue weighted by molar-refractivity contribution is -0.137. The van der Waals surface area contributed by atoms with Crippen LogP contribution in [0.5, 0.6) is 0 Å². The Hall–Kier alpha value is -5.33. The van der Waals surface area contributed by atoms with Crippen LogP contribution in [-0.2, 0) is 14.4 Å². The van der Waals surface area contributed by atoms with Gasteiger partial charge in [-0.2, -0.15) is 0 Å². The van der Waals surface area contributed by atoms with Gasteiger partial charge in [0.1, 0.15) is 17.9 Å². The normalized spacial score (nSPS) is 18.1. The summed E-state index contributed by atoms with van der Waals surface area (Å²) in [5.41, 5.74) is 5.74. The highest BCUT2D eigenvalue weighted by Gasteiger charge is 2.37. The number of likely N-dealkylation sites (N-methyl/N-ethyl adjacent to an activating group) is 2. The van der Waals surface area contributed by atoms with Crippen LogP contribution < -0.4 is 5.32 Å². The Bertz CT molecular complexity index is 2090. The first-order valence-corrected chi connectivity index (χ1v) is 17.9. The van der Waals surface area contributed by atoms with E-state index in [1.54, 1.807) is 11.1 Å². The molecule has 0 saturated carbocycles. The van der Waals surface area contributed by atoms with E-state index in [0.717, 1.165) is 58.4 Å². The third kappa shape index (κ3) is 7.08. The molecule has 3 amide bonds. The quantitative estimate of drug-likeness (QED) is 0.191. The molecule has 5 aromatic rings. The number of carbonyl (C=O) groups is 3. The Morgan fingerprint density at radius 2 is 1.69 bits per heavy atom. The van der Waals surface area contributed by atoms with Crippen LogP contribution >= 0.6 is 0 Å². The van der Waals surface area contributed by atoms with Crippen molar-refractivity contribution in [2.45, 2.75) is 50.7 Å². The number of rotatable bonds is 10. The maximum absolute atomic E-state index is 14.0. The highest BCUT2D eigenvalue weighted by Crippen LogP contribution is 2.36. The summed E-state index contributed by atoms with van der Waals surface area (Å²) in [7, 11) is 7.58. The highest BCUT2D eigenvalue weighted by atomic mass is 16.4. The van der Waals surface area contributed by atoms with Gasteiger partial charge in [0.15, 0.2) is 5.76 Å². The monoisotopic (exact) mass is 702 g/mol. The second-order valence-corrected chi connectivity index (χ2v) is 14.4. The molecule has 12 heteroatoms. The predicted molar refractivity (Wildman–Crippen MR) is 200 cm³/mol. The van der Waals surface area contributed by atoms with Crippen molar-refractivity contribution in [3.63, 3.8) is 0 Å². The number of hydrogen-bond acceptors (Lipinski definition) is 8. The number of nitrogens with zero attached hydrogens (tertiary/aromatic N) is 6. The molecule has 2 aliphatic heterocycles. The molecule has 0 spiro atoms. The maximum Gasteiger partial charge on any atom is 0.247 e. The average molecular weight is 703 g/mol. The second-order valence-electron chi connectivity index (χ2n) is 14.4. The average Bonchev–Trinajstić information content (AvgIpc) is 3.95. The number of fused-ring (bicyclic) bond motifs is 1. The van der Waals surface area contributed by atoms with Gasteiger partial charge >= 0.3 is 0 Å². The molecule has 0 bridgehead atoms. The van der Waals surface area contributed by atoms with Crippen LogP contribution in [0.4, 0.5) is 5.69 Å². The number of anilines is 1. The van der Waals surface area contributed by atoms with Crippen LogP contribution in [0.3, 0.4) is 0 Å². The van der Waals surface area contributed by atoms with Crippen LogP contribution in [0.15, 0.2) is 77.3 Å². The van der Waals surface area contributed by atoms with Gasteiger partial charge in [-0.3, -0.25) is 19.3 Å². The Morgan fingerprint density at radius 3 is 2.46 bits per heavy atom. The minimum atomic E-state index is -0.497. The van der Waals surface area contributed by atoms with Crippen LogP contribution in [0.25, 0.3) is 33.8 Å². The number of aromatic nitrogens is 3. The number of H-pyrrole nitrogens is 1. The summed E-state index contributed by atoms with van der Waals surface area (Å²) in [5.74, 6) is 1.63. The molecule has 52 heavy (non-hydrogen) atoms. The largest absolute Gasteiger partial charge is 0.436 e. The molecule has 0 aliphatic carbocycles. The number of hydrogen-bond donors (Lipinski definition) is 2. The molecule has 0 unspecified atom stereocenters. The molecular formula is C40H46N8O4. The third-order valence-corrected chi connectivity index (χ3v) is 10.1. The molecule has 3 aromatic carbocycles. The molecule has 2 saturated heterocycles. The Morgan fingerprint density at radius 1 is 0.942 bits per heavy atom. The van der Waals surface area contributed by atoms with Crippen LogP contribution in [0, 0.1) is 6.92 Å².